The van der Waals surface area contributed by atoms with E-state index >= 15 is 0 Å². The molecule has 2 rings (SSSR count). The number of carbonyl (C=O) groups is 1. The van der Waals surface area contributed by atoms with Crippen molar-refractivity contribution in [2.45, 2.75) is 0 Å². The molecule has 0 aliphatic heterocycles. The van der Waals surface area contributed by atoms with Crippen molar-refractivity contribution in [3.8, 4) is 11.1 Å². The van der Waals surface area contributed by atoms with Crippen LogP contribution in [0.25, 0.3) is 16.7 Å². The van der Waals surface area contributed by atoms with Gasteiger partial charge >= 0.3 is 0 Å². The van der Waals surface area contributed by atoms with Gasteiger partial charge in [0.1, 0.15) is 0 Å². The van der Waals surface area contributed by atoms with Crippen LogP contribution in [0.15, 0.2) is 55.1 Å². The van der Waals surface area contributed by atoms with E-state index in [1.807, 2.05) is 48.5 Å². The molecule has 0 unspecified atom stereocenters. The van der Waals surface area contributed by atoms with Crippen molar-refractivity contribution in [1.82, 2.24) is 0 Å². The zero-order chi connectivity index (χ0) is 13.1. The zero-order valence-corrected chi connectivity index (χ0v) is 10.4. The molecule has 2 aromatic carbocycles. The molecule has 0 saturated carbocycles. The van der Waals surface area contributed by atoms with Crippen LogP contribution in [0, 0.1) is 0 Å². The average molecular weight is 258 g/mol. The largest absolute Gasteiger partial charge is 0.366 e. The van der Waals surface area contributed by atoms with Gasteiger partial charge in [0.2, 0.25) is 5.91 Å². The molecule has 0 atom stereocenters. The molecule has 2 N–H and O–H groups in total. The van der Waals surface area contributed by atoms with Crippen molar-refractivity contribution in [3.05, 3.63) is 65.7 Å². The second-order valence-corrected chi connectivity index (χ2v) is 4.36. The minimum atomic E-state index is -0.505. The summed E-state index contributed by atoms with van der Waals surface area (Å²) in [7, 11) is 0. The van der Waals surface area contributed by atoms with Gasteiger partial charge in [0.05, 0.1) is 0 Å². The van der Waals surface area contributed by atoms with Crippen molar-refractivity contribution in [2.24, 2.45) is 5.73 Å². The smallest absolute Gasteiger partial charge is 0.248 e. The molecule has 0 heterocycles. The Hall–Kier alpha value is -2.06. The summed E-state index contributed by atoms with van der Waals surface area (Å²) < 4.78 is 0. The Labute approximate surface area is 111 Å². The maximum Gasteiger partial charge on any atom is 0.248 e. The first-order valence-corrected chi connectivity index (χ1v) is 5.81. The SMILES string of the molecule is C=C(C(N)=O)c1ccc(-c2ccc(Cl)cc2)cc1. The summed E-state index contributed by atoms with van der Waals surface area (Å²) in [6.45, 7) is 3.65. The molecule has 0 aliphatic carbocycles. The molecule has 0 saturated heterocycles. The van der Waals surface area contributed by atoms with E-state index in [1.165, 1.54) is 0 Å². The van der Waals surface area contributed by atoms with Crippen LogP contribution >= 0.6 is 11.6 Å². The quantitative estimate of drug-likeness (QED) is 0.840. The number of amides is 1. The summed E-state index contributed by atoms with van der Waals surface area (Å²) in [5.41, 5.74) is 8.35. The summed E-state index contributed by atoms with van der Waals surface area (Å²) in [5, 5.41) is 0.706. The normalized spacial score (nSPS) is 10.1. The average Bonchev–Trinajstić information content (AvgIpc) is 2.39. The van der Waals surface area contributed by atoms with E-state index in [9.17, 15) is 4.79 Å². The van der Waals surface area contributed by atoms with Crippen LogP contribution in [-0.4, -0.2) is 5.91 Å². The van der Waals surface area contributed by atoms with E-state index in [1.54, 1.807) is 0 Å². The number of benzene rings is 2. The van der Waals surface area contributed by atoms with Gasteiger partial charge in [0, 0.05) is 10.6 Å². The lowest BCUT2D eigenvalue weighted by Crippen LogP contribution is -2.11. The van der Waals surface area contributed by atoms with Gasteiger partial charge in [-0.3, -0.25) is 4.79 Å². The topological polar surface area (TPSA) is 43.1 Å². The Morgan fingerprint density at radius 1 is 0.944 bits per heavy atom. The van der Waals surface area contributed by atoms with Gasteiger partial charge in [-0.25, -0.2) is 0 Å². The van der Waals surface area contributed by atoms with Crippen LogP contribution < -0.4 is 5.73 Å². The summed E-state index contributed by atoms with van der Waals surface area (Å²) in [6, 6.07) is 15.1. The van der Waals surface area contributed by atoms with E-state index in [4.69, 9.17) is 17.3 Å². The molecule has 0 spiro atoms. The molecule has 3 heteroatoms. The number of nitrogens with two attached hydrogens (primary N) is 1. The van der Waals surface area contributed by atoms with Gasteiger partial charge in [-0.2, -0.15) is 0 Å². The summed E-state index contributed by atoms with van der Waals surface area (Å²) in [6.07, 6.45) is 0. The highest BCUT2D eigenvalue weighted by molar-refractivity contribution is 6.30. The summed E-state index contributed by atoms with van der Waals surface area (Å²) in [5.74, 6) is -0.505. The predicted octanol–water partition coefficient (Wildman–Crippen LogP) is 3.51. The number of rotatable bonds is 3. The Bertz CT molecular complexity index is 585. The molecular weight excluding hydrogens is 246 g/mol. The molecule has 1 amide bonds. The van der Waals surface area contributed by atoms with Crippen molar-refractivity contribution in [1.29, 1.82) is 0 Å². The van der Waals surface area contributed by atoms with Gasteiger partial charge < -0.3 is 5.73 Å². The second kappa shape index (κ2) is 5.07. The highest BCUT2D eigenvalue weighted by atomic mass is 35.5. The Morgan fingerprint density at radius 2 is 1.39 bits per heavy atom. The van der Waals surface area contributed by atoms with Gasteiger partial charge in [0.15, 0.2) is 0 Å². The fraction of sp³-hybridized carbons (Fsp3) is 0. The number of hydrogen-bond acceptors (Lipinski definition) is 1. The molecule has 90 valence electrons. The van der Waals surface area contributed by atoms with Gasteiger partial charge in [0.25, 0.3) is 0 Å². The van der Waals surface area contributed by atoms with Crippen LogP contribution in [0.1, 0.15) is 5.56 Å². The highest BCUT2D eigenvalue weighted by Crippen LogP contribution is 2.23. The lowest BCUT2D eigenvalue weighted by atomic mass is 10.0. The molecule has 0 bridgehead atoms. The maximum atomic E-state index is 11.0. The van der Waals surface area contributed by atoms with E-state index in [-0.39, 0.29) is 0 Å². The van der Waals surface area contributed by atoms with Gasteiger partial charge in [-0.05, 0) is 28.8 Å². The number of hydrogen-bond donors (Lipinski definition) is 1. The first kappa shape index (κ1) is 12.4. The molecule has 0 fully saturated rings. The maximum absolute atomic E-state index is 11.0. The fourth-order valence-electron chi connectivity index (χ4n) is 1.65. The summed E-state index contributed by atoms with van der Waals surface area (Å²) >= 11 is 5.84. The number of primary amides is 1. The van der Waals surface area contributed by atoms with Crippen molar-refractivity contribution in [2.75, 3.05) is 0 Å². The van der Waals surface area contributed by atoms with E-state index in [0.29, 0.717) is 10.6 Å². The third-order valence-corrected chi connectivity index (χ3v) is 2.96. The van der Waals surface area contributed by atoms with E-state index < -0.39 is 5.91 Å². The van der Waals surface area contributed by atoms with Gasteiger partial charge in [-0.15, -0.1) is 0 Å². The standard InChI is InChI=1S/C15H12ClNO/c1-10(15(17)18)11-2-4-12(5-3-11)13-6-8-14(16)9-7-13/h2-9H,1H2,(H2,17,18). The van der Waals surface area contributed by atoms with Crippen LogP contribution in [-0.2, 0) is 4.79 Å². The molecular formula is C15H12ClNO. The van der Waals surface area contributed by atoms with Crippen molar-refractivity contribution in [3.63, 3.8) is 0 Å². The van der Waals surface area contributed by atoms with Crippen LogP contribution in [0.5, 0.6) is 0 Å². The first-order valence-electron chi connectivity index (χ1n) is 5.43. The van der Waals surface area contributed by atoms with E-state index in [0.717, 1.165) is 16.7 Å². The lowest BCUT2D eigenvalue weighted by Gasteiger charge is -2.05. The van der Waals surface area contributed by atoms with Crippen LogP contribution in [0.2, 0.25) is 5.02 Å². The first-order chi connectivity index (χ1) is 8.58. The molecule has 2 nitrogen and oxygen atoms in total. The predicted molar refractivity (Wildman–Crippen MR) is 75.1 cm³/mol. The van der Waals surface area contributed by atoms with E-state index in [2.05, 4.69) is 6.58 Å². The Balaban J connectivity index is 2.30. The Kier molecular flexibility index (Phi) is 3.49. The zero-order valence-electron chi connectivity index (χ0n) is 9.69. The molecule has 0 radical (unpaired) electrons. The lowest BCUT2D eigenvalue weighted by molar-refractivity contribution is -0.112. The van der Waals surface area contributed by atoms with Crippen LogP contribution in [0.3, 0.4) is 0 Å². The monoisotopic (exact) mass is 257 g/mol. The minimum Gasteiger partial charge on any atom is -0.366 e. The third-order valence-electron chi connectivity index (χ3n) is 2.71. The molecule has 0 aromatic heterocycles. The highest BCUT2D eigenvalue weighted by Gasteiger charge is 2.05. The van der Waals surface area contributed by atoms with Crippen LogP contribution in [0.4, 0.5) is 0 Å². The van der Waals surface area contributed by atoms with Crippen molar-refractivity contribution >= 4 is 23.1 Å². The van der Waals surface area contributed by atoms with Gasteiger partial charge in [-0.1, -0.05) is 54.6 Å². The number of carbonyl (C=O) groups excluding carboxylic acids is 1. The third kappa shape index (κ3) is 2.60. The molecule has 2 aromatic rings. The summed E-state index contributed by atoms with van der Waals surface area (Å²) in [4.78, 5) is 11.0. The number of halogens is 1. The minimum absolute atomic E-state index is 0.317. The molecule has 18 heavy (non-hydrogen) atoms. The fourth-order valence-corrected chi connectivity index (χ4v) is 1.77. The second-order valence-electron chi connectivity index (χ2n) is 3.93. The van der Waals surface area contributed by atoms with Crippen molar-refractivity contribution < 1.29 is 4.79 Å². The Morgan fingerprint density at radius 3 is 1.83 bits per heavy atom. The molecule has 0 aliphatic rings.